The van der Waals surface area contributed by atoms with Gasteiger partial charge in [-0.15, -0.1) is 0 Å². The minimum Gasteiger partial charge on any atom is -0.374 e. The summed E-state index contributed by atoms with van der Waals surface area (Å²) in [6, 6.07) is 9.89. The maximum Gasteiger partial charge on any atom is 0.127 e. The molecular formula is C14H23NO. The van der Waals surface area contributed by atoms with E-state index < -0.39 is 6.23 Å². The first-order valence-electron chi connectivity index (χ1n) is 6.27. The van der Waals surface area contributed by atoms with Gasteiger partial charge in [0.2, 0.25) is 0 Å². The first-order chi connectivity index (χ1) is 7.77. The highest BCUT2D eigenvalue weighted by Gasteiger charge is 2.16. The summed E-state index contributed by atoms with van der Waals surface area (Å²) in [4.78, 5) is 0. The second-order valence-electron chi connectivity index (χ2n) is 4.27. The molecule has 2 heteroatoms. The van der Waals surface area contributed by atoms with Crippen molar-refractivity contribution in [3.05, 3.63) is 30.3 Å². The molecule has 0 saturated heterocycles. The monoisotopic (exact) mass is 221 g/mol. The van der Waals surface area contributed by atoms with Gasteiger partial charge >= 0.3 is 0 Å². The summed E-state index contributed by atoms with van der Waals surface area (Å²) < 4.78 is 0. The maximum atomic E-state index is 10.1. The van der Waals surface area contributed by atoms with Crippen LogP contribution in [0.15, 0.2) is 30.3 Å². The summed E-state index contributed by atoms with van der Waals surface area (Å²) >= 11 is 0. The van der Waals surface area contributed by atoms with E-state index in [2.05, 4.69) is 19.2 Å². The van der Waals surface area contributed by atoms with E-state index in [9.17, 15) is 5.11 Å². The molecule has 0 aliphatic carbocycles. The molecule has 2 unspecified atom stereocenters. The van der Waals surface area contributed by atoms with Crippen LogP contribution in [0, 0.1) is 5.92 Å². The van der Waals surface area contributed by atoms with E-state index in [1.54, 1.807) is 0 Å². The highest BCUT2D eigenvalue weighted by Crippen LogP contribution is 2.19. The Kier molecular flexibility index (Phi) is 5.94. The summed E-state index contributed by atoms with van der Waals surface area (Å²) in [5.41, 5.74) is 0.991. The Labute approximate surface area is 98.7 Å². The zero-order valence-corrected chi connectivity index (χ0v) is 10.3. The van der Waals surface area contributed by atoms with Crippen LogP contribution in [0.4, 0.5) is 5.69 Å². The standard InChI is InChI=1S/C14H23NO/c1-3-5-9-12(4-2)14(16)15-13-10-7-6-8-11-13/h6-8,10-12,14-16H,3-5,9H2,1-2H3. The zero-order valence-electron chi connectivity index (χ0n) is 10.3. The van der Waals surface area contributed by atoms with Crippen molar-refractivity contribution in [1.29, 1.82) is 0 Å². The van der Waals surface area contributed by atoms with Crippen molar-refractivity contribution in [2.45, 2.75) is 45.8 Å². The Morgan fingerprint density at radius 1 is 1.19 bits per heavy atom. The molecule has 2 atom stereocenters. The summed E-state index contributed by atoms with van der Waals surface area (Å²) in [6.45, 7) is 4.32. The number of unbranched alkanes of at least 4 members (excludes halogenated alkanes) is 1. The van der Waals surface area contributed by atoms with Crippen LogP contribution in [0.3, 0.4) is 0 Å². The minimum absolute atomic E-state index is 0.347. The van der Waals surface area contributed by atoms with E-state index in [4.69, 9.17) is 0 Å². The number of rotatable bonds is 7. The van der Waals surface area contributed by atoms with Crippen molar-refractivity contribution in [1.82, 2.24) is 0 Å². The molecule has 1 aromatic rings. The number of aliphatic hydroxyl groups excluding tert-OH is 1. The number of anilines is 1. The van der Waals surface area contributed by atoms with Crippen LogP contribution in [0.1, 0.15) is 39.5 Å². The third kappa shape index (κ3) is 4.23. The molecular weight excluding hydrogens is 198 g/mol. The molecule has 0 radical (unpaired) electrons. The summed E-state index contributed by atoms with van der Waals surface area (Å²) in [7, 11) is 0. The van der Waals surface area contributed by atoms with Crippen molar-refractivity contribution >= 4 is 5.69 Å². The molecule has 0 aliphatic heterocycles. The lowest BCUT2D eigenvalue weighted by Gasteiger charge is -2.23. The Bertz CT molecular complexity index is 273. The van der Waals surface area contributed by atoms with Crippen LogP contribution in [0.5, 0.6) is 0 Å². The molecule has 0 saturated carbocycles. The van der Waals surface area contributed by atoms with Gasteiger partial charge in [-0.2, -0.15) is 0 Å². The van der Waals surface area contributed by atoms with E-state index in [-0.39, 0.29) is 0 Å². The molecule has 2 N–H and O–H groups in total. The lowest BCUT2D eigenvalue weighted by atomic mass is 9.97. The Hall–Kier alpha value is -1.02. The third-order valence-corrected chi connectivity index (χ3v) is 2.99. The number of nitrogens with one attached hydrogen (secondary N) is 1. The van der Waals surface area contributed by atoms with Crippen LogP contribution in [-0.4, -0.2) is 11.3 Å². The van der Waals surface area contributed by atoms with Gasteiger partial charge in [-0.25, -0.2) is 0 Å². The van der Waals surface area contributed by atoms with Gasteiger partial charge in [0.1, 0.15) is 6.23 Å². The van der Waals surface area contributed by atoms with E-state index in [0.717, 1.165) is 18.5 Å². The van der Waals surface area contributed by atoms with E-state index in [0.29, 0.717) is 5.92 Å². The molecule has 1 aromatic carbocycles. The van der Waals surface area contributed by atoms with Gasteiger partial charge in [0.15, 0.2) is 0 Å². The molecule has 2 nitrogen and oxygen atoms in total. The number of aliphatic hydroxyl groups is 1. The average Bonchev–Trinajstić information content (AvgIpc) is 2.31. The molecule has 0 heterocycles. The van der Waals surface area contributed by atoms with Gasteiger partial charge in [-0.1, -0.05) is 44.9 Å². The van der Waals surface area contributed by atoms with Crippen molar-refractivity contribution < 1.29 is 5.11 Å². The lowest BCUT2D eigenvalue weighted by Crippen LogP contribution is -2.28. The van der Waals surface area contributed by atoms with Gasteiger partial charge in [-0.05, 0) is 25.0 Å². The predicted molar refractivity (Wildman–Crippen MR) is 69.4 cm³/mol. The van der Waals surface area contributed by atoms with Crippen molar-refractivity contribution in [3.8, 4) is 0 Å². The normalized spacial score (nSPS) is 14.4. The highest BCUT2D eigenvalue weighted by molar-refractivity contribution is 5.42. The zero-order chi connectivity index (χ0) is 11.8. The molecule has 0 spiro atoms. The van der Waals surface area contributed by atoms with Gasteiger partial charge in [0, 0.05) is 11.6 Å². The Balaban J connectivity index is 2.46. The second kappa shape index (κ2) is 7.29. The maximum absolute atomic E-state index is 10.1. The highest BCUT2D eigenvalue weighted by atomic mass is 16.3. The number of para-hydroxylation sites is 1. The fraction of sp³-hybridized carbons (Fsp3) is 0.571. The minimum atomic E-state index is -0.432. The van der Waals surface area contributed by atoms with E-state index >= 15 is 0 Å². The smallest absolute Gasteiger partial charge is 0.127 e. The van der Waals surface area contributed by atoms with E-state index in [1.165, 1.54) is 12.8 Å². The molecule has 0 aliphatic rings. The van der Waals surface area contributed by atoms with Gasteiger partial charge in [-0.3, -0.25) is 0 Å². The molecule has 0 amide bonds. The first kappa shape index (κ1) is 13.0. The van der Waals surface area contributed by atoms with Crippen molar-refractivity contribution in [2.75, 3.05) is 5.32 Å². The fourth-order valence-corrected chi connectivity index (χ4v) is 1.87. The number of hydrogen-bond acceptors (Lipinski definition) is 2. The second-order valence-corrected chi connectivity index (χ2v) is 4.27. The summed E-state index contributed by atoms with van der Waals surface area (Å²) in [5, 5.41) is 13.2. The molecule has 0 fully saturated rings. The lowest BCUT2D eigenvalue weighted by molar-refractivity contribution is 0.124. The van der Waals surface area contributed by atoms with Crippen LogP contribution in [0.25, 0.3) is 0 Å². The van der Waals surface area contributed by atoms with Crippen molar-refractivity contribution in [3.63, 3.8) is 0 Å². The largest absolute Gasteiger partial charge is 0.374 e. The quantitative estimate of drug-likeness (QED) is 0.689. The number of hydrogen-bond donors (Lipinski definition) is 2. The van der Waals surface area contributed by atoms with Crippen LogP contribution in [-0.2, 0) is 0 Å². The van der Waals surface area contributed by atoms with Crippen LogP contribution < -0.4 is 5.32 Å². The van der Waals surface area contributed by atoms with Gasteiger partial charge in [0.05, 0.1) is 0 Å². The molecule has 0 aromatic heterocycles. The van der Waals surface area contributed by atoms with Crippen LogP contribution in [0.2, 0.25) is 0 Å². The number of benzene rings is 1. The average molecular weight is 221 g/mol. The Morgan fingerprint density at radius 3 is 2.44 bits per heavy atom. The fourth-order valence-electron chi connectivity index (χ4n) is 1.87. The first-order valence-corrected chi connectivity index (χ1v) is 6.27. The predicted octanol–water partition coefficient (Wildman–Crippen LogP) is 3.63. The van der Waals surface area contributed by atoms with E-state index in [1.807, 2.05) is 30.3 Å². The topological polar surface area (TPSA) is 32.3 Å². The molecule has 90 valence electrons. The van der Waals surface area contributed by atoms with Gasteiger partial charge in [0.25, 0.3) is 0 Å². The Morgan fingerprint density at radius 2 is 1.88 bits per heavy atom. The third-order valence-electron chi connectivity index (χ3n) is 2.99. The summed E-state index contributed by atoms with van der Waals surface area (Å²) in [5.74, 6) is 0.347. The molecule has 1 rings (SSSR count). The van der Waals surface area contributed by atoms with Crippen LogP contribution >= 0.6 is 0 Å². The molecule has 0 bridgehead atoms. The molecule has 16 heavy (non-hydrogen) atoms. The summed E-state index contributed by atoms with van der Waals surface area (Å²) in [6.07, 6.45) is 4.05. The SMILES string of the molecule is CCCCC(CC)C(O)Nc1ccccc1. The van der Waals surface area contributed by atoms with Gasteiger partial charge < -0.3 is 10.4 Å². The van der Waals surface area contributed by atoms with Crippen molar-refractivity contribution in [2.24, 2.45) is 5.92 Å².